The van der Waals surface area contributed by atoms with Crippen molar-refractivity contribution in [2.75, 3.05) is 11.6 Å². The van der Waals surface area contributed by atoms with Crippen molar-refractivity contribution in [2.24, 2.45) is 0 Å². The lowest BCUT2D eigenvalue weighted by atomic mass is 10.0. The average molecular weight is 248 g/mol. The molecule has 0 unspecified atom stereocenters. The number of carbonyl (C=O) groups excluding carboxylic acids is 1. The summed E-state index contributed by atoms with van der Waals surface area (Å²) in [4.78, 5) is 11.5. The van der Waals surface area contributed by atoms with Crippen LogP contribution in [0.4, 0.5) is 14.5 Å². The number of ketones is 1. The van der Waals surface area contributed by atoms with Crippen LogP contribution in [-0.2, 0) is 0 Å². The highest BCUT2D eigenvalue weighted by atomic mass is 35.5. The van der Waals surface area contributed by atoms with Crippen molar-refractivity contribution in [1.29, 1.82) is 0 Å². The number of rotatable bonds is 5. The van der Waals surface area contributed by atoms with Gasteiger partial charge in [0.2, 0.25) is 0 Å². The number of nitrogens with two attached hydrogens (primary N) is 1. The van der Waals surface area contributed by atoms with Crippen molar-refractivity contribution < 1.29 is 13.6 Å². The van der Waals surface area contributed by atoms with E-state index in [2.05, 4.69) is 0 Å². The molecule has 2 N–H and O–H groups in total. The van der Waals surface area contributed by atoms with E-state index in [9.17, 15) is 13.6 Å². The molecule has 0 aliphatic rings. The van der Waals surface area contributed by atoms with Gasteiger partial charge in [-0.25, -0.2) is 8.78 Å². The van der Waals surface area contributed by atoms with Crippen LogP contribution < -0.4 is 5.73 Å². The number of halogens is 3. The van der Waals surface area contributed by atoms with Gasteiger partial charge in [0.15, 0.2) is 11.6 Å². The van der Waals surface area contributed by atoms with E-state index in [4.69, 9.17) is 17.3 Å². The van der Waals surface area contributed by atoms with Crippen molar-refractivity contribution >= 4 is 23.1 Å². The molecule has 0 aliphatic carbocycles. The molecule has 0 amide bonds. The largest absolute Gasteiger partial charge is 0.396 e. The molecule has 0 radical (unpaired) electrons. The number of hydrogen-bond acceptors (Lipinski definition) is 2. The van der Waals surface area contributed by atoms with E-state index in [0.29, 0.717) is 18.7 Å². The number of alkyl halides is 1. The van der Waals surface area contributed by atoms with Gasteiger partial charge in [0.25, 0.3) is 0 Å². The summed E-state index contributed by atoms with van der Waals surface area (Å²) in [6.07, 6.45) is 1.22. The second-order valence-electron chi connectivity index (χ2n) is 3.39. The van der Waals surface area contributed by atoms with Crippen LogP contribution in [0, 0.1) is 11.6 Å². The van der Waals surface area contributed by atoms with Gasteiger partial charge in [0.1, 0.15) is 5.82 Å². The Morgan fingerprint density at radius 3 is 2.62 bits per heavy atom. The van der Waals surface area contributed by atoms with Gasteiger partial charge in [0, 0.05) is 12.3 Å². The summed E-state index contributed by atoms with van der Waals surface area (Å²) in [5.41, 5.74) is 4.50. The predicted molar refractivity (Wildman–Crippen MR) is 59.7 cm³/mol. The van der Waals surface area contributed by atoms with Gasteiger partial charge in [-0.15, -0.1) is 11.6 Å². The molecule has 0 aliphatic heterocycles. The first-order valence-corrected chi connectivity index (χ1v) is 5.44. The maximum atomic E-state index is 13.4. The fraction of sp³-hybridized carbons (Fsp3) is 0.364. The molecule has 0 fully saturated rings. The van der Waals surface area contributed by atoms with E-state index in [-0.39, 0.29) is 12.1 Å². The minimum atomic E-state index is -0.976. The number of nitrogen functional groups attached to an aromatic ring is 1. The highest BCUT2D eigenvalue weighted by Crippen LogP contribution is 2.20. The monoisotopic (exact) mass is 247 g/mol. The molecule has 0 aromatic heterocycles. The Balaban J connectivity index is 2.86. The van der Waals surface area contributed by atoms with E-state index < -0.39 is 23.0 Å². The quantitative estimate of drug-likeness (QED) is 0.376. The van der Waals surface area contributed by atoms with E-state index in [1.54, 1.807) is 0 Å². The maximum Gasteiger partial charge on any atom is 0.168 e. The molecule has 0 heterocycles. The van der Waals surface area contributed by atoms with Crippen LogP contribution >= 0.6 is 11.6 Å². The number of benzene rings is 1. The Labute approximate surface area is 97.4 Å². The molecular weight excluding hydrogens is 236 g/mol. The van der Waals surface area contributed by atoms with Crippen molar-refractivity contribution in [3.63, 3.8) is 0 Å². The maximum absolute atomic E-state index is 13.4. The van der Waals surface area contributed by atoms with Gasteiger partial charge in [-0.2, -0.15) is 0 Å². The van der Waals surface area contributed by atoms with Gasteiger partial charge < -0.3 is 5.73 Å². The zero-order valence-electron chi connectivity index (χ0n) is 8.60. The van der Waals surface area contributed by atoms with Crippen molar-refractivity contribution in [3.05, 3.63) is 29.3 Å². The van der Waals surface area contributed by atoms with Crippen LogP contribution in [0.5, 0.6) is 0 Å². The molecule has 5 heteroatoms. The van der Waals surface area contributed by atoms with Crippen LogP contribution in [-0.4, -0.2) is 11.7 Å². The molecule has 0 bridgehead atoms. The summed E-state index contributed by atoms with van der Waals surface area (Å²) in [5, 5.41) is 0. The van der Waals surface area contributed by atoms with E-state index >= 15 is 0 Å². The number of carbonyl (C=O) groups is 1. The highest BCUT2D eigenvalue weighted by Gasteiger charge is 2.18. The SMILES string of the molecule is Nc1ccc(F)c(C(=O)CCCCCl)c1F. The number of anilines is 1. The lowest BCUT2D eigenvalue weighted by Crippen LogP contribution is -2.08. The predicted octanol–water partition coefficient (Wildman–Crippen LogP) is 3.14. The standard InChI is InChI=1S/C11H12ClF2NO/c12-6-2-1-3-9(16)10-7(13)4-5-8(15)11(10)14/h4-5H,1-3,6,15H2. The van der Waals surface area contributed by atoms with Crippen molar-refractivity contribution in [2.45, 2.75) is 19.3 Å². The van der Waals surface area contributed by atoms with Gasteiger partial charge in [0.05, 0.1) is 11.3 Å². The Morgan fingerprint density at radius 2 is 2.00 bits per heavy atom. The first kappa shape index (κ1) is 12.9. The third kappa shape index (κ3) is 2.92. The third-order valence-corrected chi connectivity index (χ3v) is 2.45. The molecule has 2 nitrogen and oxygen atoms in total. The zero-order chi connectivity index (χ0) is 12.1. The fourth-order valence-electron chi connectivity index (χ4n) is 1.33. The Kier molecular flexibility index (Phi) is 4.68. The van der Waals surface area contributed by atoms with Crippen molar-refractivity contribution in [3.8, 4) is 0 Å². The second kappa shape index (κ2) is 5.80. The normalized spacial score (nSPS) is 10.4. The molecule has 0 atom stereocenters. The summed E-state index contributed by atoms with van der Waals surface area (Å²) in [7, 11) is 0. The van der Waals surface area contributed by atoms with Crippen LogP contribution in [0.1, 0.15) is 29.6 Å². The van der Waals surface area contributed by atoms with Crippen LogP contribution in [0.15, 0.2) is 12.1 Å². The number of Topliss-reactive ketones (excluding diaryl/α,β-unsaturated/α-hetero) is 1. The molecule has 16 heavy (non-hydrogen) atoms. The van der Waals surface area contributed by atoms with Gasteiger partial charge in [-0.3, -0.25) is 4.79 Å². The lowest BCUT2D eigenvalue weighted by molar-refractivity contribution is 0.0972. The van der Waals surface area contributed by atoms with E-state index in [1.807, 2.05) is 0 Å². The Bertz CT molecular complexity index is 396. The summed E-state index contributed by atoms with van der Waals surface area (Å²) in [6.45, 7) is 0. The summed E-state index contributed by atoms with van der Waals surface area (Å²) in [6, 6.07) is 2.09. The van der Waals surface area contributed by atoms with Gasteiger partial charge in [-0.05, 0) is 25.0 Å². The molecule has 1 aromatic rings. The molecule has 0 saturated carbocycles. The Hall–Kier alpha value is -1.16. The smallest absolute Gasteiger partial charge is 0.168 e. The Morgan fingerprint density at radius 1 is 1.31 bits per heavy atom. The van der Waals surface area contributed by atoms with Crippen molar-refractivity contribution in [1.82, 2.24) is 0 Å². The first-order valence-electron chi connectivity index (χ1n) is 4.90. The van der Waals surface area contributed by atoms with Crippen LogP contribution in [0.2, 0.25) is 0 Å². The van der Waals surface area contributed by atoms with Crippen LogP contribution in [0.25, 0.3) is 0 Å². The lowest BCUT2D eigenvalue weighted by Gasteiger charge is -2.05. The summed E-state index contributed by atoms with van der Waals surface area (Å²) < 4.78 is 26.7. The van der Waals surface area contributed by atoms with E-state index in [0.717, 1.165) is 12.1 Å². The first-order chi connectivity index (χ1) is 7.57. The topological polar surface area (TPSA) is 43.1 Å². The average Bonchev–Trinajstić information content (AvgIpc) is 2.24. The van der Waals surface area contributed by atoms with Gasteiger partial charge in [-0.1, -0.05) is 0 Å². The van der Waals surface area contributed by atoms with Gasteiger partial charge >= 0.3 is 0 Å². The third-order valence-electron chi connectivity index (χ3n) is 2.19. The zero-order valence-corrected chi connectivity index (χ0v) is 9.36. The minimum Gasteiger partial charge on any atom is -0.396 e. The molecule has 1 aromatic carbocycles. The molecule has 1 rings (SSSR count). The summed E-state index contributed by atoms with van der Waals surface area (Å²) >= 11 is 5.44. The molecule has 88 valence electrons. The summed E-state index contributed by atoms with van der Waals surface area (Å²) in [5.74, 6) is -2.00. The number of hydrogen-bond donors (Lipinski definition) is 1. The molecule has 0 saturated heterocycles. The number of unbranched alkanes of at least 4 members (excludes halogenated alkanes) is 1. The minimum absolute atomic E-state index is 0.0734. The van der Waals surface area contributed by atoms with E-state index in [1.165, 1.54) is 0 Å². The van der Waals surface area contributed by atoms with Crippen LogP contribution in [0.3, 0.4) is 0 Å². The fourth-order valence-corrected chi connectivity index (χ4v) is 1.52. The highest BCUT2D eigenvalue weighted by molar-refractivity contribution is 6.17. The second-order valence-corrected chi connectivity index (χ2v) is 3.77. The molecular formula is C11H12ClF2NO. The molecule has 0 spiro atoms.